The van der Waals surface area contributed by atoms with Crippen LogP contribution in [0.25, 0.3) is 0 Å². The largest absolute Gasteiger partial charge is 0.300 e. The Morgan fingerprint density at radius 1 is 0.600 bits per heavy atom. The molecule has 7 heteroatoms. The van der Waals surface area contributed by atoms with Gasteiger partial charge in [0.25, 0.3) is 0 Å². The first-order valence-corrected chi connectivity index (χ1v) is 23.9. The number of Topliss-reactive ketones (excluding diaryl/α,β-unsaturated/α-hetero) is 1. The van der Waals surface area contributed by atoms with Crippen molar-refractivity contribution in [3.63, 3.8) is 0 Å². The van der Waals surface area contributed by atoms with Gasteiger partial charge in [-0.1, -0.05) is 114 Å². The Labute approximate surface area is 362 Å². The van der Waals surface area contributed by atoms with Crippen LogP contribution < -0.4 is 0 Å². The molecular formula is C53H72N6O. The summed E-state index contributed by atoms with van der Waals surface area (Å²) >= 11 is 0. The van der Waals surface area contributed by atoms with Gasteiger partial charge in [-0.3, -0.25) is 14.8 Å². The predicted octanol–water partition coefficient (Wildman–Crippen LogP) is 12.2. The molecule has 0 N–H and O–H groups in total. The van der Waals surface area contributed by atoms with Crippen molar-refractivity contribution in [1.29, 1.82) is 10.5 Å². The summed E-state index contributed by atoms with van der Waals surface area (Å²) in [5.41, 5.74) is 4.44. The first kappa shape index (κ1) is 45.3. The number of carbonyl (C=O) groups is 1. The number of rotatable bonds is 22. The van der Waals surface area contributed by atoms with Crippen molar-refractivity contribution in [2.45, 2.75) is 155 Å². The maximum atomic E-state index is 12.8. The summed E-state index contributed by atoms with van der Waals surface area (Å²) < 4.78 is 0. The van der Waals surface area contributed by atoms with Gasteiger partial charge >= 0.3 is 0 Å². The molecule has 0 spiro atoms. The van der Waals surface area contributed by atoms with Crippen molar-refractivity contribution in [3.8, 4) is 12.1 Å². The molecule has 0 saturated heterocycles. The Morgan fingerprint density at radius 2 is 0.983 bits per heavy atom. The van der Waals surface area contributed by atoms with Gasteiger partial charge in [-0.15, -0.1) is 0 Å². The van der Waals surface area contributed by atoms with Crippen LogP contribution >= 0.6 is 0 Å². The van der Waals surface area contributed by atoms with E-state index in [-0.39, 0.29) is 22.7 Å². The van der Waals surface area contributed by atoms with Crippen molar-refractivity contribution < 1.29 is 4.79 Å². The lowest BCUT2D eigenvalue weighted by Gasteiger charge is -2.44. The van der Waals surface area contributed by atoms with Crippen LogP contribution in [0.15, 0.2) is 68.5 Å². The predicted molar refractivity (Wildman–Crippen MR) is 248 cm³/mol. The summed E-state index contributed by atoms with van der Waals surface area (Å²) in [6, 6.07) is 23.1. The van der Waals surface area contributed by atoms with Crippen LogP contribution in [0, 0.1) is 69.0 Å². The van der Waals surface area contributed by atoms with Gasteiger partial charge < -0.3 is 0 Å². The number of ketones is 1. The number of hydrogen-bond donors (Lipinski definition) is 0. The number of aliphatic imine (C=N–C) groups is 4. The van der Waals surface area contributed by atoms with Gasteiger partial charge in [0, 0.05) is 36.1 Å². The first-order chi connectivity index (χ1) is 29.4. The fraction of sp³-hybridized carbons (Fsp3) is 0.642. The summed E-state index contributed by atoms with van der Waals surface area (Å²) in [5.74, 6) is 2.66. The van der Waals surface area contributed by atoms with Crippen LogP contribution in [-0.2, 0) is 30.5 Å². The molecule has 2 heterocycles. The van der Waals surface area contributed by atoms with Gasteiger partial charge in [0.05, 0.1) is 37.1 Å². The number of hydrogen-bond acceptors (Lipinski definition) is 7. The molecule has 4 unspecified atom stereocenters. The second-order valence-corrected chi connectivity index (χ2v) is 19.1. The molecule has 0 radical (unpaired) electrons. The highest BCUT2D eigenvalue weighted by molar-refractivity contribution is 5.81. The number of benzene rings is 2. The van der Waals surface area contributed by atoms with E-state index in [1.807, 2.05) is 0 Å². The SMILES string of the molecule is CCCC1CCC(C2(C(C#N)Cc3ccc(CCCCC(=O)CCCCc4ccc(CC(C#N)C5(C6CCC(CCC)CC6)C=NC=NC5)cc4)cc3)C=NC=NC2)CC1. The Morgan fingerprint density at radius 3 is 1.32 bits per heavy atom. The van der Waals surface area contributed by atoms with Crippen molar-refractivity contribution in [2.75, 3.05) is 13.1 Å². The van der Waals surface area contributed by atoms with Gasteiger partial charge in [0.2, 0.25) is 0 Å². The molecule has 320 valence electrons. The first-order valence-electron chi connectivity index (χ1n) is 23.9. The number of unbranched alkanes of at least 4 members (excludes halogenated alkanes) is 2. The second kappa shape index (κ2) is 23.1. The summed E-state index contributed by atoms with van der Waals surface area (Å²) in [6.45, 7) is 5.90. The number of nitriles is 2. The molecule has 60 heavy (non-hydrogen) atoms. The van der Waals surface area contributed by atoms with E-state index in [1.54, 1.807) is 12.7 Å². The lowest BCUT2D eigenvalue weighted by molar-refractivity contribution is -0.119. The molecule has 2 aliphatic carbocycles. The van der Waals surface area contributed by atoms with E-state index in [0.29, 0.717) is 43.6 Å². The van der Waals surface area contributed by atoms with Gasteiger partial charge in [0.1, 0.15) is 18.5 Å². The Hall–Kier alpha value is -4.23. The summed E-state index contributed by atoms with van der Waals surface area (Å²) in [5, 5.41) is 20.9. The highest BCUT2D eigenvalue weighted by atomic mass is 16.1. The fourth-order valence-electron chi connectivity index (χ4n) is 11.4. The number of carbonyl (C=O) groups excluding carboxylic acids is 1. The molecule has 7 nitrogen and oxygen atoms in total. The average Bonchev–Trinajstić information content (AvgIpc) is 3.29. The van der Waals surface area contributed by atoms with E-state index >= 15 is 0 Å². The summed E-state index contributed by atoms with van der Waals surface area (Å²) in [7, 11) is 0. The second-order valence-electron chi connectivity index (χ2n) is 19.1. The van der Waals surface area contributed by atoms with Crippen LogP contribution in [-0.4, -0.2) is 44.0 Å². The van der Waals surface area contributed by atoms with E-state index in [2.05, 4.69) is 107 Å². The standard InChI is InChI=1S/C53H72N6O/c1-3-9-41-23-27-47(28-24-41)52(35-56-39-57-36-52)49(33-54)31-45-19-15-43(16-20-45)11-5-7-13-51(60)14-8-6-12-44-17-21-46(22-18-44)32-50(34-55)53(37-58-40-59-38-53)48-29-25-42(10-4-2)26-30-48/h15-22,35,37,39-42,47-50H,3-14,23-32,36,38H2,1-2H3. The van der Waals surface area contributed by atoms with Crippen LogP contribution in [0.1, 0.15) is 152 Å². The number of nitrogens with zero attached hydrogens (tertiary/aromatic N) is 6. The van der Waals surface area contributed by atoms with Gasteiger partial charge in [-0.25, -0.2) is 9.98 Å². The molecule has 0 bridgehead atoms. The monoisotopic (exact) mass is 809 g/mol. The summed E-state index contributed by atoms with van der Waals surface area (Å²) in [4.78, 5) is 31.0. The minimum Gasteiger partial charge on any atom is -0.300 e. The summed E-state index contributed by atoms with van der Waals surface area (Å²) in [6.07, 6.45) is 30.9. The highest BCUT2D eigenvalue weighted by Gasteiger charge is 2.47. The highest BCUT2D eigenvalue weighted by Crippen LogP contribution is 2.48. The molecule has 0 amide bonds. The zero-order valence-corrected chi connectivity index (χ0v) is 37.0. The maximum Gasteiger partial charge on any atom is 0.132 e. The van der Waals surface area contributed by atoms with E-state index in [0.717, 1.165) is 63.2 Å². The van der Waals surface area contributed by atoms with Crippen LogP contribution in [0.5, 0.6) is 0 Å². The zero-order valence-electron chi connectivity index (χ0n) is 37.0. The van der Waals surface area contributed by atoms with Crippen LogP contribution in [0.2, 0.25) is 0 Å². The molecule has 2 saturated carbocycles. The van der Waals surface area contributed by atoms with E-state index in [9.17, 15) is 15.3 Å². The molecule has 2 aromatic rings. The van der Waals surface area contributed by atoms with Crippen LogP contribution in [0.3, 0.4) is 0 Å². The van der Waals surface area contributed by atoms with Crippen molar-refractivity contribution >= 4 is 30.9 Å². The average molecular weight is 809 g/mol. The molecule has 2 fully saturated rings. The van der Waals surface area contributed by atoms with Gasteiger partial charge in [0.15, 0.2) is 0 Å². The number of aryl methyl sites for hydroxylation is 2. The van der Waals surface area contributed by atoms with Crippen LogP contribution in [0.4, 0.5) is 0 Å². The smallest absolute Gasteiger partial charge is 0.132 e. The molecule has 4 atom stereocenters. The molecule has 2 aliphatic heterocycles. The normalized spacial score (nSPS) is 27.2. The van der Waals surface area contributed by atoms with Crippen molar-refractivity contribution in [1.82, 2.24) is 0 Å². The third-order valence-corrected chi connectivity index (χ3v) is 15.1. The topological polar surface area (TPSA) is 114 Å². The lowest BCUT2D eigenvalue weighted by Crippen LogP contribution is -2.45. The van der Waals surface area contributed by atoms with E-state index in [1.165, 1.54) is 99.3 Å². The minimum absolute atomic E-state index is 0.145. The third kappa shape index (κ3) is 12.0. The van der Waals surface area contributed by atoms with E-state index in [4.69, 9.17) is 0 Å². The van der Waals surface area contributed by atoms with Crippen molar-refractivity contribution in [3.05, 3.63) is 70.8 Å². The molecule has 2 aromatic carbocycles. The Bertz CT molecular complexity index is 1700. The lowest BCUT2D eigenvalue weighted by atomic mass is 9.60. The van der Waals surface area contributed by atoms with Gasteiger partial charge in [-0.2, -0.15) is 10.5 Å². The zero-order chi connectivity index (χ0) is 42.0. The fourth-order valence-corrected chi connectivity index (χ4v) is 11.4. The molecule has 4 aliphatic rings. The van der Waals surface area contributed by atoms with E-state index < -0.39 is 0 Å². The van der Waals surface area contributed by atoms with Gasteiger partial charge in [-0.05, 0) is 123 Å². The Kier molecular flexibility index (Phi) is 17.5. The molecule has 6 rings (SSSR count). The minimum atomic E-state index is -0.279. The third-order valence-electron chi connectivity index (χ3n) is 15.1. The quantitative estimate of drug-likeness (QED) is 0.110. The molecular weight excluding hydrogens is 737 g/mol. The molecule has 0 aromatic heterocycles. The Balaban J connectivity index is 0.880. The van der Waals surface area contributed by atoms with Crippen molar-refractivity contribution in [2.24, 2.45) is 66.3 Å². The maximum absolute atomic E-state index is 12.8.